The first-order chi connectivity index (χ1) is 19.1. The Bertz CT molecular complexity index is 1080. The van der Waals surface area contributed by atoms with E-state index in [1.54, 1.807) is 35.7 Å². The van der Waals surface area contributed by atoms with Crippen LogP contribution in [0.25, 0.3) is 0 Å². The molecule has 1 amide bonds. The molecule has 4 N–H and O–H groups in total. The maximum atomic E-state index is 13.8. The highest BCUT2D eigenvalue weighted by atomic mass is 32.2. The number of hydrogen-bond donors (Lipinski definition) is 3. The van der Waals surface area contributed by atoms with Crippen molar-refractivity contribution in [3.05, 3.63) is 70.3 Å². The molecular formula is C30H43F2N3O4S. The molecule has 0 aliphatic rings. The molecule has 7 nitrogen and oxygen atoms in total. The standard InChI is InChI=1S/C30H43F2N3O4S/c1-5-8-35(9-6-2)29(37)22-11-20(3)12-23(16-22)30(38)39-28(18-34-26(19-36)7-10-40-4)27(33)15-21-13-24(31)17-25(32)14-21/h11-14,16-17,26-28,34,36H,5-10,15,18-19,33H2,1-4H3/t26-,27-,28+/m0/s1. The van der Waals surface area contributed by atoms with Gasteiger partial charge < -0.3 is 25.8 Å². The topological polar surface area (TPSA) is 105 Å². The minimum absolute atomic E-state index is 0.0590. The van der Waals surface area contributed by atoms with Crippen molar-refractivity contribution < 1.29 is 28.2 Å². The number of nitrogens with zero attached hydrogens (tertiary/aromatic N) is 1. The number of hydrogen-bond acceptors (Lipinski definition) is 7. The van der Waals surface area contributed by atoms with E-state index in [1.165, 1.54) is 18.2 Å². The molecule has 222 valence electrons. The molecule has 0 aliphatic heterocycles. The normalized spacial score (nSPS) is 13.5. The number of amides is 1. The van der Waals surface area contributed by atoms with E-state index in [1.807, 2.05) is 20.1 Å². The van der Waals surface area contributed by atoms with Crippen molar-refractivity contribution in [3.8, 4) is 0 Å². The summed E-state index contributed by atoms with van der Waals surface area (Å²) in [7, 11) is 0. The summed E-state index contributed by atoms with van der Waals surface area (Å²) in [5.74, 6) is -1.42. The van der Waals surface area contributed by atoms with Crippen LogP contribution in [0, 0.1) is 18.6 Å². The van der Waals surface area contributed by atoms with Gasteiger partial charge in [-0.2, -0.15) is 11.8 Å². The molecule has 0 fully saturated rings. The molecule has 0 saturated heterocycles. The van der Waals surface area contributed by atoms with Gasteiger partial charge in [0.25, 0.3) is 5.91 Å². The van der Waals surface area contributed by atoms with Crippen molar-refractivity contribution in [1.29, 1.82) is 0 Å². The molecule has 0 aromatic heterocycles. The summed E-state index contributed by atoms with van der Waals surface area (Å²) >= 11 is 1.65. The minimum atomic E-state index is -0.876. The van der Waals surface area contributed by atoms with Gasteiger partial charge in [0.2, 0.25) is 0 Å². The molecule has 2 aromatic carbocycles. The molecule has 2 aromatic rings. The molecule has 0 saturated carbocycles. The Hall–Kier alpha value is -2.53. The van der Waals surface area contributed by atoms with E-state index in [-0.39, 0.29) is 37.1 Å². The van der Waals surface area contributed by atoms with Crippen LogP contribution in [-0.2, 0) is 11.2 Å². The second kappa shape index (κ2) is 17.3. The van der Waals surface area contributed by atoms with Crippen LogP contribution < -0.4 is 11.1 Å². The second-order valence-corrected chi connectivity index (χ2v) is 11.0. The van der Waals surface area contributed by atoms with E-state index in [0.29, 0.717) is 30.6 Å². The quantitative estimate of drug-likeness (QED) is 0.240. The lowest BCUT2D eigenvalue weighted by molar-refractivity contribution is 0.0226. The van der Waals surface area contributed by atoms with E-state index >= 15 is 0 Å². The highest BCUT2D eigenvalue weighted by Crippen LogP contribution is 2.17. The fourth-order valence-corrected chi connectivity index (χ4v) is 5.00. The number of nitrogens with one attached hydrogen (secondary N) is 1. The van der Waals surface area contributed by atoms with Gasteiger partial charge in [0.05, 0.1) is 12.2 Å². The van der Waals surface area contributed by atoms with E-state index < -0.39 is 29.7 Å². The summed E-state index contributed by atoms with van der Waals surface area (Å²) in [5, 5.41) is 13.0. The number of halogens is 2. The zero-order valence-electron chi connectivity index (χ0n) is 23.9. The first-order valence-electron chi connectivity index (χ1n) is 13.8. The van der Waals surface area contributed by atoms with E-state index in [2.05, 4.69) is 5.32 Å². The lowest BCUT2D eigenvalue weighted by Crippen LogP contribution is -2.48. The summed E-state index contributed by atoms with van der Waals surface area (Å²) in [6.07, 6.45) is 3.48. The third-order valence-electron chi connectivity index (χ3n) is 6.46. The van der Waals surface area contributed by atoms with Crippen LogP contribution in [-0.4, -0.2) is 78.3 Å². The van der Waals surface area contributed by atoms with Crippen LogP contribution >= 0.6 is 11.8 Å². The average Bonchev–Trinajstić information content (AvgIpc) is 2.90. The van der Waals surface area contributed by atoms with Crippen molar-refractivity contribution >= 4 is 23.6 Å². The number of aliphatic hydroxyl groups is 1. The number of ether oxygens (including phenoxy) is 1. The monoisotopic (exact) mass is 579 g/mol. The van der Waals surface area contributed by atoms with Gasteiger partial charge in [-0.15, -0.1) is 0 Å². The number of aliphatic hydroxyl groups excluding tert-OH is 1. The number of benzene rings is 2. The van der Waals surface area contributed by atoms with Gasteiger partial charge in [0.15, 0.2) is 0 Å². The highest BCUT2D eigenvalue weighted by Gasteiger charge is 2.26. The summed E-state index contributed by atoms with van der Waals surface area (Å²) < 4.78 is 33.4. The molecule has 40 heavy (non-hydrogen) atoms. The van der Waals surface area contributed by atoms with Crippen molar-refractivity contribution in [2.24, 2.45) is 5.73 Å². The molecule has 0 spiro atoms. The smallest absolute Gasteiger partial charge is 0.338 e. The maximum absolute atomic E-state index is 13.8. The fourth-order valence-electron chi connectivity index (χ4n) is 4.48. The fraction of sp³-hybridized carbons (Fsp3) is 0.533. The zero-order valence-corrected chi connectivity index (χ0v) is 24.7. The van der Waals surface area contributed by atoms with Crippen molar-refractivity contribution in [1.82, 2.24) is 10.2 Å². The maximum Gasteiger partial charge on any atom is 0.338 e. The van der Waals surface area contributed by atoms with Crippen molar-refractivity contribution in [3.63, 3.8) is 0 Å². The minimum Gasteiger partial charge on any atom is -0.456 e. The molecule has 0 heterocycles. The van der Waals surface area contributed by atoms with Crippen LogP contribution in [0.5, 0.6) is 0 Å². The van der Waals surface area contributed by atoms with Gasteiger partial charge >= 0.3 is 5.97 Å². The van der Waals surface area contributed by atoms with E-state index in [0.717, 1.165) is 30.2 Å². The van der Waals surface area contributed by atoms with E-state index in [4.69, 9.17) is 10.5 Å². The molecule has 10 heteroatoms. The number of carbonyl (C=O) groups is 2. The van der Waals surface area contributed by atoms with Gasteiger partial charge in [0.1, 0.15) is 17.7 Å². The summed E-state index contributed by atoms with van der Waals surface area (Å²) in [5.41, 5.74) is 8.12. The molecule has 0 bridgehead atoms. The highest BCUT2D eigenvalue weighted by molar-refractivity contribution is 7.98. The Labute approximate surface area is 240 Å². The number of esters is 1. The van der Waals surface area contributed by atoms with Crippen molar-refractivity contribution in [2.45, 2.75) is 64.6 Å². The van der Waals surface area contributed by atoms with Crippen LogP contribution in [0.2, 0.25) is 0 Å². The Morgan fingerprint density at radius 3 is 2.25 bits per heavy atom. The predicted molar refractivity (Wildman–Crippen MR) is 157 cm³/mol. The average molecular weight is 580 g/mol. The SMILES string of the molecule is CCCN(CCC)C(=O)c1cc(C)cc(C(=O)O[C@H](CN[C@H](CO)CCSC)[C@@H](N)Cc2cc(F)cc(F)c2)c1. The first-order valence-corrected chi connectivity index (χ1v) is 15.2. The molecule has 0 aliphatic carbocycles. The van der Waals surface area contributed by atoms with E-state index in [9.17, 15) is 23.5 Å². The molecule has 2 rings (SSSR count). The third-order valence-corrected chi connectivity index (χ3v) is 7.11. The van der Waals surface area contributed by atoms with Crippen LogP contribution in [0.15, 0.2) is 36.4 Å². The van der Waals surface area contributed by atoms with Crippen LogP contribution in [0.4, 0.5) is 8.78 Å². The molecular weight excluding hydrogens is 536 g/mol. The third kappa shape index (κ3) is 10.8. The first kappa shape index (κ1) is 33.7. The molecule has 0 radical (unpaired) electrons. The summed E-state index contributed by atoms with van der Waals surface area (Å²) in [6.45, 7) is 7.07. The summed E-state index contributed by atoms with van der Waals surface area (Å²) in [4.78, 5) is 28.3. The van der Waals surface area contributed by atoms with Gasteiger partial charge in [-0.1, -0.05) is 13.8 Å². The van der Waals surface area contributed by atoms with Crippen molar-refractivity contribution in [2.75, 3.05) is 38.2 Å². The Morgan fingerprint density at radius 1 is 1.05 bits per heavy atom. The van der Waals surface area contributed by atoms with Gasteiger partial charge in [0, 0.05) is 43.3 Å². The van der Waals surface area contributed by atoms with Gasteiger partial charge in [-0.3, -0.25) is 4.79 Å². The van der Waals surface area contributed by atoms with Gasteiger partial charge in [-0.25, -0.2) is 13.6 Å². The lowest BCUT2D eigenvalue weighted by Gasteiger charge is -2.27. The Kier molecular flexibility index (Phi) is 14.6. The number of thioether (sulfide) groups is 1. The Morgan fingerprint density at radius 2 is 1.68 bits per heavy atom. The predicted octanol–water partition coefficient (Wildman–Crippen LogP) is 4.33. The van der Waals surface area contributed by atoms with Crippen LogP contribution in [0.1, 0.15) is 65.0 Å². The number of nitrogens with two attached hydrogens (primary N) is 1. The number of rotatable bonds is 17. The zero-order chi connectivity index (χ0) is 29.7. The second-order valence-electron chi connectivity index (χ2n) is 10.0. The molecule has 0 unspecified atom stereocenters. The number of aryl methyl sites for hydroxylation is 1. The molecule has 3 atom stereocenters. The lowest BCUT2D eigenvalue weighted by atomic mass is 10.0. The largest absolute Gasteiger partial charge is 0.456 e. The summed E-state index contributed by atoms with van der Waals surface area (Å²) in [6, 6.07) is 7.07. The van der Waals surface area contributed by atoms with Crippen LogP contribution in [0.3, 0.4) is 0 Å². The van der Waals surface area contributed by atoms with Gasteiger partial charge in [-0.05, 0) is 86.1 Å². The Balaban J connectivity index is 2.29. The number of carbonyl (C=O) groups excluding carboxylic acids is 2.